The van der Waals surface area contributed by atoms with Gasteiger partial charge >= 0.3 is 0 Å². The summed E-state index contributed by atoms with van der Waals surface area (Å²) in [7, 11) is 0. The van der Waals surface area contributed by atoms with Crippen LogP contribution in [-0.4, -0.2) is 17.3 Å². The fourth-order valence-electron chi connectivity index (χ4n) is 1.16. The number of benzene rings is 1. The van der Waals surface area contributed by atoms with Crippen molar-refractivity contribution in [1.82, 2.24) is 5.32 Å². The van der Waals surface area contributed by atoms with E-state index in [4.69, 9.17) is 0 Å². The molecule has 0 spiro atoms. The summed E-state index contributed by atoms with van der Waals surface area (Å²) in [5, 5.41) is 3.42. The van der Waals surface area contributed by atoms with E-state index in [1.54, 1.807) is 12.1 Å². The van der Waals surface area contributed by atoms with E-state index in [-0.39, 0.29) is 17.5 Å². The van der Waals surface area contributed by atoms with E-state index in [9.17, 15) is 9.18 Å². The van der Waals surface area contributed by atoms with Crippen LogP contribution in [0.3, 0.4) is 0 Å². The number of amides is 1. The van der Waals surface area contributed by atoms with Crippen LogP contribution >= 0.6 is 15.9 Å². The van der Waals surface area contributed by atoms with Gasteiger partial charge < -0.3 is 5.32 Å². The number of alkyl halides is 1. The van der Waals surface area contributed by atoms with Crippen LogP contribution < -0.4 is 5.32 Å². The predicted octanol–water partition coefficient (Wildman–Crippen LogP) is 2.73. The van der Waals surface area contributed by atoms with Crippen molar-refractivity contribution in [3.63, 3.8) is 0 Å². The second kappa shape index (κ2) is 5.85. The number of hydrogen-bond acceptors (Lipinski definition) is 1. The molecule has 0 aliphatic rings. The summed E-state index contributed by atoms with van der Waals surface area (Å²) in [5.74, 6) is -0.848. The number of rotatable bonds is 4. The van der Waals surface area contributed by atoms with E-state index in [1.165, 1.54) is 12.1 Å². The zero-order valence-corrected chi connectivity index (χ0v) is 10.1. The standard InChI is InChI=1S/C11H13BrFNO/c1-2-8(7-12)14-11(15)9-5-3-4-6-10(9)13/h3-6,8H,2,7H2,1H3,(H,14,15). The maximum absolute atomic E-state index is 13.2. The molecule has 1 aromatic rings. The second-order valence-electron chi connectivity index (χ2n) is 3.21. The van der Waals surface area contributed by atoms with Crippen LogP contribution in [0.2, 0.25) is 0 Å². The molecule has 1 N–H and O–H groups in total. The molecule has 0 aliphatic heterocycles. The van der Waals surface area contributed by atoms with E-state index < -0.39 is 5.82 Å². The van der Waals surface area contributed by atoms with E-state index in [0.717, 1.165) is 6.42 Å². The van der Waals surface area contributed by atoms with Crippen LogP contribution in [0, 0.1) is 5.82 Å². The van der Waals surface area contributed by atoms with Crippen LogP contribution in [-0.2, 0) is 0 Å². The minimum absolute atomic E-state index is 0.0390. The summed E-state index contributed by atoms with van der Waals surface area (Å²) in [6.07, 6.45) is 0.811. The highest BCUT2D eigenvalue weighted by Gasteiger charge is 2.13. The number of carbonyl (C=O) groups excluding carboxylic acids is 1. The Morgan fingerprint density at radius 2 is 2.20 bits per heavy atom. The van der Waals surface area contributed by atoms with Crippen LogP contribution in [0.25, 0.3) is 0 Å². The molecular weight excluding hydrogens is 261 g/mol. The molecule has 0 radical (unpaired) electrons. The van der Waals surface area contributed by atoms with E-state index in [2.05, 4.69) is 21.2 Å². The first-order chi connectivity index (χ1) is 7.19. The average molecular weight is 274 g/mol. The average Bonchev–Trinajstić information content (AvgIpc) is 2.26. The molecule has 0 heterocycles. The normalized spacial score (nSPS) is 12.2. The van der Waals surface area contributed by atoms with Crippen molar-refractivity contribution in [3.8, 4) is 0 Å². The highest BCUT2D eigenvalue weighted by Crippen LogP contribution is 2.07. The largest absolute Gasteiger partial charge is 0.348 e. The van der Waals surface area contributed by atoms with Crippen molar-refractivity contribution in [2.75, 3.05) is 5.33 Å². The maximum atomic E-state index is 13.2. The molecule has 15 heavy (non-hydrogen) atoms. The number of hydrogen-bond donors (Lipinski definition) is 1. The van der Waals surface area contributed by atoms with Gasteiger partial charge in [0.25, 0.3) is 5.91 Å². The molecule has 2 nitrogen and oxygen atoms in total. The Morgan fingerprint density at radius 3 is 2.73 bits per heavy atom. The van der Waals surface area contributed by atoms with Gasteiger partial charge in [0.2, 0.25) is 0 Å². The molecule has 0 aliphatic carbocycles. The smallest absolute Gasteiger partial charge is 0.254 e. The predicted molar refractivity (Wildman–Crippen MR) is 61.7 cm³/mol. The lowest BCUT2D eigenvalue weighted by Gasteiger charge is -2.13. The number of halogens is 2. The van der Waals surface area contributed by atoms with Crippen molar-refractivity contribution >= 4 is 21.8 Å². The van der Waals surface area contributed by atoms with E-state index >= 15 is 0 Å². The number of carbonyl (C=O) groups is 1. The van der Waals surface area contributed by atoms with Gasteiger partial charge in [-0.2, -0.15) is 0 Å². The lowest BCUT2D eigenvalue weighted by Crippen LogP contribution is -2.35. The van der Waals surface area contributed by atoms with Gasteiger partial charge in [0.05, 0.1) is 5.56 Å². The van der Waals surface area contributed by atoms with E-state index in [0.29, 0.717) is 5.33 Å². The maximum Gasteiger partial charge on any atom is 0.254 e. The molecule has 0 saturated carbocycles. The highest BCUT2D eigenvalue weighted by atomic mass is 79.9. The Balaban J connectivity index is 2.73. The Kier molecular flexibility index (Phi) is 4.75. The molecule has 0 aromatic heterocycles. The Hall–Kier alpha value is -0.900. The zero-order chi connectivity index (χ0) is 11.3. The molecule has 1 unspecified atom stereocenters. The topological polar surface area (TPSA) is 29.1 Å². The lowest BCUT2D eigenvalue weighted by molar-refractivity contribution is 0.0936. The third-order valence-corrected chi connectivity index (χ3v) is 2.91. The van der Waals surface area contributed by atoms with Gasteiger partial charge in [0, 0.05) is 11.4 Å². The van der Waals surface area contributed by atoms with E-state index in [1.807, 2.05) is 6.92 Å². The molecule has 0 bridgehead atoms. The van der Waals surface area contributed by atoms with Crippen LogP contribution in [0.1, 0.15) is 23.7 Å². The first kappa shape index (κ1) is 12.2. The third kappa shape index (κ3) is 3.30. The van der Waals surface area contributed by atoms with Crippen molar-refractivity contribution in [2.45, 2.75) is 19.4 Å². The molecule has 0 fully saturated rings. The molecule has 1 aromatic carbocycles. The quantitative estimate of drug-likeness (QED) is 0.840. The summed E-state index contributed by atoms with van der Waals surface area (Å²) in [5.41, 5.74) is 0.0944. The Bertz CT molecular complexity index is 339. The van der Waals surface area contributed by atoms with Gasteiger partial charge in [0.15, 0.2) is 0 Å². The summed E-state index contributed by atoms with van der Waals surface area (Å²) in [4.78, 5) is 11.6. The van der Waals surface area contributed by atoms with Crippen molar-refractivity contribution in [2.24, 2.45) is 0 Å². The van der Waals surface area contributed by atoms with Crippen LogP contribution in [0.15, 0.2) is 24.3 Å². The highest BCUT2D eigenvalue weighted by molar-refractivity contribution is 9.09. The molecule has 1 rings (SSSR count). The summed E-state index contributed by atoms with van der Waals surface area (Å²) in [6.45, 7) is 1.97. The fourth-order valence-corrected chi connectivity index (χ4v) is 1.78. The van der Waals surface area contributed by atoms with Crippen LogP contribution in [0.5, 0.6) is 0 Å². The molecule has 4 heteroatoms. The summed E-state index contributed by atoms with van der Waals surface area (Å²) >= 11 is 3.29. The minimum Gasteiger partial charge on any atom is -0.348 e. The monoisotopic (exact) mass is 273 g/mol. The van der Waals surface area contributed by atoms with Gasteiger partial charge in [-0.15, -0.1) is 0 Å². The molecule has 0 saturated heterocycles. The second-order valence-corrected chi connectivity index (χ2v) is 3.86. The molecule has 1 amide bonds. The van der Waals surface area contributed by atoms with Crippen molar-refractivity contribution < 1.29 is 9.18 Å². The Morgan fingerprint density at radius 1 is 1.53 bits per heavy atom. The minimum atomic E-state index is -0.487. The van der Waals surface area contributed by atoms with Crippen molar-refractivity contribution in [1.29, 1.82) is 0 Å². The van der Waals surface area contributed by atoms with Crippen LogP contribution in [0.4, 0.5) is 4.39 Å². The van der Waals surface area contributed by atoms with Gasteiger partial charge in [-0.3, -0.25) is 4.79 Å². The first-order valence-electron chi connectivity index (χ1n) is 4.80. The SMILES string of the molecule is CCC(CBr)NC(=O)c1ccccc1F. The summed E-state index contributed by atoms with van der Waals surface area (Å²) in [6, 6.07) is 6.01. The van der Waals surface area contributed by atoms with Gasteiger partial charge in [-0.05, 0) is 18.6 Å². The Labute approximate surface area is 97.0 Å². The van der Waals surface area contributed by atoms with Gasteiger partial charge in [-0.25, -0.2) is 4.39 Å². The number of nitrogens with one attached hydrogen (secondary N) is 1. The zero-order valence-electron chi connectivity index (χ0n) is 8.47. The molecule has 1 atom stereocenters. The van der Waals surface area contributed by atoms with Crippen molar-refractivity contribution in [3.05, 3.63) is 35.6 Å². The molecular formula is C11H13BrFNO. The fraction of sp³-hybridized carbons (Fsp3) is 0.364. The lowest BCUT2D eigenvalue weighted by atomic mass is 10.2. The van der Waals surface area contributed by atoms with Gasteiger partial charge in [-0.1, -0.05) is 35.0 Å². The molecule has 82 valence electrons. The first-order valence-corrected chi connectivity index (χ1v) is 5.92. The summed E-state index contributed by atoms with van der Waals surface area (Å²) < 4.78 is 13.2. The third-order valence-electron chi connectivity index (χ3n) is 2.13. The van der Waals surface area contributed by atoms with Gasteiger partial charge in [0.1, 0.15) is 5.82 Å².